The lowest BCUT2D eigenvalue weighted by molar-refractivity contribution is -0.0361. The second-order valence-electron chi connectivity index (χ2n) is 7.37. The minimum Gasteiger partial charge on any atom is -0.484 e. The Morgan fingerprint density at radius 1 is 1.24 bits per heavy atom. The third-order valence-corrected chi connectivity index (χ3v) is 4.93. The highest BCUT2D eigenvalue weighted by atomic mass is 19.3. The van der Waals surface area contributed by atoms with Gasteiger partial charge in [-0.05, 0) is 32.8 Å². The molecule has 9 heteroatoms. The molecule has 0 spiro atoms. The number of anilines is 1. The average Bonchev–Trinajstić information content (AvgIpc) is 3.31. The molecule has 0 unspecified atom stereocenters. The fourth-order valence-electron chi connectivity index (χ4n) is 3.48. The van der Waals surface area contributed by atoms with Gasteiger partial charge in [-0.2, -0.15) is 5.10 Å². The van der Waals surface area contributed by atoms with Crippen LogP contribution in [0.3, 0.4) is 0 Å². The van der Waals surface area contributed by atoms with Gasteiger partial charge in [0.05, 0.1) is 11.9 Å². The number of nitrogens with zero attached hydrogens (tertiary/aromatic N) is 4. The lowest BCUT2D eigenvalue weighted by Gasteiger charge is -2.29. The molecule has 3 aromatic heterocycles. The topological polar surface area (TPSA) is 78.0 Å². The van der Waals surface area contributed by atoms with Crippen LogP contribution in [0.5, 0.6) is 5.75 Å². The van der Waals surface area contributed by atoms with Crippen molar-refractivity contribution < 1.29 is 17.9 Å². The lowest BCUT2D eigenvalue weighted by Crippen LogP contribution is -2.32. The molecule has 0 aromatic carbocycles. The summed E-state index contributed by atoms with van der Waals surface area (Å²) in [5.74, 6) is -0.402. The first kappa shape index (κ1) is 19.4. The molecule has 154 valence electrons. The van der Waals surface area contributed by atoms with Crippen LogP contribution in [0.4, 0.5) is 14.6 Å². The molecular weight excluding hydrogens is 380 g/mol. The number of hydrogen-bond donors (Lipinski definition) is 1. The summed E-state index contributed by atoms with van der Waals surface area (Å²) < 4.78 is 39.7. The molecule has 3 heterocycles. The van der Waals surface area contributed by atoms with E-state index < -0.39 is 5.92 Å². The number of aromatic nitrogens is 4. The van der Waals surface area contributed by atoms with Crippen molar-refractivity contribution in [2.75, 3.05) is 5.32 Å². The highest BCUT2D eigenvalue weighted by molar-refractivity contribution is 5.48. The third-order valence-electron chi connectivity index (χ3n) is 4.93. The predicted octanol–water partition coefficient (Wildman–Crippen LogP) is 4.44. The van der Waals surface area contributed by atoms with Crippen molar-refractivity contribution in [3.63, 3.8) is 0 Å². The standard InChI is InChI=1S/C20H23F2N5O2/c1-13-9-14(2)27(26-13)18-11-16(29-12-19-23-7-8-28-19)10-17(25-18)24-15-3-5-20(21,22)6-4-15/h7-11,15H,3-6,12H2,1-2H3,(H,24,25). The van der Waals surface area contributed by atoms with Crippen LogP contribution in [0.1, 0.15) is 43.0 Å². The Morgan fingerprint density at radius 2 is 2.03 bits per heavy atom. The van der Waals surface area contributed by atoms with Gasteiger partial charge in [0, 0.05) is 36.7 Å². The van der Waals surface area contributed by atoms with Crippen LogP contribution in [0.2, 0.25) is 0 Å². The van der Waals surface area contributed by atoms with Crippen molar-refractivity contribution in [3.8, 4) is 11.6 Å². The minimum atomic E-state index is -2.57. The van der Waals surface area contributed by atoms with Gasteiger partial charge >= 0.3 is 0 Å². The van der Waals surface area contributed by atoms with Crippen molar-refractivity contribution in [1.82, 2.24) is 19.7 Å². The molecule has 0 bridgehead atoms. The van der Waals surface area contributed by atoms with Crippen molar-refractivity contribution in [3.05, 3.63) is 47.9 Å². The number of ether oxygens (including phenoxy) is 1. The fraction of sp³-hybridized carbons (Fsp3) is 0.450. The van der Waals surface area contributed by atoms with Gasteiger partial charge in [0.25, 0.3) is 0 Å². The highest BCUT2D eigenvalue weighted by Crippen LogP contribution is 2.34. The van der Waals surface area contributed by atoms with Crippen molar-refractivity contribution in [2.24, 2.45) is 0 Å². The zero-order valence-electron chi connectivity index (χ0n) is 16.4. The van der Waals surface area contributed by atoms with E-state index in [-0.39, 0.29) is 25.5 Å². The minimum absolute atomic E-state index is 0.0579. The van der Waals surface area contributed by atoms with Crippen LogP contribution in [-0.4, -0.2) is 31.7 Å². The lowest BCUT2D eigenvalue weighted by atomic mass is 9.92. The summed E-state index contributed by atoms with van der Waals surface area (Å²) in [7, 11) is 0. The van der Waals surface area contributed by atoms with Crippen LogP contribution in [0.15, 0.2) is 35.1 Å². The van der Waals surface area contributed by atoms with Crippen molar-refractivity contribution in [1.29, 1.82) is 0 Å². The SMILES string of the molecule is Cc1cc(C)n(-c2cc(OCc3ncco3)cc(NC3CCC(F)(F)CC3)n2)n1. The Labute approximate surface area is 167 Å². The van der Waals surface area contributed by atoms with E-state index in [1.165, 1.54) is 6.26 Å². The third kappa shape index (κ3) is 4.72. The molecule has 0 aliphatic heterocycles. The van der Waals surface area contributed by atoms with Gasteiger partial charge in [0.2, 0.25) is 11.8 Å². The molecule has 0 radical (unpaired) electrons. The maximum absolute atomic E-state index is 13.5. The zero-order chi connectivity index (χ0) is 20.4. The van der Waals surface area contributed by atoms with Gasteiger partial charge in [-0.3, -0.25) is 0 Å². The van der Waals surface area contributed by atoms with E-state index in [1.807, 2.05) is 19.9 Å². The quantitative estimate of drug-likeness (QED) is 0.656. The Balaban J connectivity index is 1.58. The van der Waals surface area contributed by atoms with E-state index in [0.717, 1.165) is 11.4 Å². The van der Waals surface area contributed by atoms with Crippen molar-refractivity contribution in [2.45, 2.75) is 58.1 Å². The Hall–Kier alpha value is -2.97. The van der Waals surface area contributed by atoms with Crippen LogP contribution < -0.4 is 10.1 Å². The number of halogens is 2. The summed E-state index contributed by atoms with van der Waals surface area (Å²) in [5.41, 5.74) is 1.81. The fourth-order valence-corrected chi connectivity index (χ4v) is 3.48. The molecular formula is C20H23F2N5O2. The first-order chi connectivity index (χ1) is 13.9. The molecule has 0 amide bonds. The molecule has 1 N–H and O–H groups in total. The summed E-state index contributed by atoms with van der Waals surface area (Å²) in [5, 5.41) is 7.76. The van der Waals surface area contributed by atoms with E-state index in [2.05, 4.69) is 20.4 Å². The number of pyridine rings is 1. The summed E-state index contributed by atoms with van der Waals surface area (Å²) in [6.07, 6.45) is 3.60. The maximum Gasteiger partial charge on any atom is 0.248 e. The Kier molecular flexibility index (Phi) is 5.21. The van der Waals surface area contributed by atoms with E-state index in [9.17, 15) is 8.78 Å². The second kappa shape index (κ2) is 7.81. The van der Waals surface area contributed by atoms with Crippen LogP contribution in [0.25, 0.3) is 5.82 Å². The van der Waals surface area contributed by atoms with Gasteiger partial charge in [0.15, 0.2) is 12.4 Å². The van der Waals surface area contributed by atoms with Crippen LogP contribution in [-0.2, 0) is 6.61 Å². The van der Waals surface area contributed by atoms with Gasteiger partial charge in [-0.1, -0.05) is 0 Å². The molecule has 7 nitrogen and oxygen atoms in total. The molecule has 1 fully saturated rings. The summed E-state index contributed by atoms with van der Waals surface area (Å²) in [6, 6.07) is 5.43. The Morgan fingerprint density at radius 3 is 2.69 bits per heavy atom. The smallest absolute Gasteiger partial charge is 0.248 e. The predicted molar refractivity (Wildman–Crippen MR) is 102 cm³/mol. The molecule has 0 atom stereocenters. The number of rotatable bonds is 6. The monoisotopic (exact) mass is 403 g/mol. The molecule has 3 aromatic rings. The maximum atomic E-state index is 13.5. The van der Waals surface area contributed by atoms with E-state index >= 15 is 0 Å². The summed E-state index contributed by atoms with van der Waals surface area (Å²) in [4.78, 5) is 8.68. The van der Waals surface area contributed by atoms with E-state index in [4.69, 9.17) is 9.15 Å². The number of hydrogen-bond acceptors (Lipinski definition) is 6. The van der Waals surface area contributed by atoms with Crippen LogP contribution in [0, 0.1) is 13.8 Å². The van der Waals surface area contributed by atoms with Crippen LogP contribution >= 0.6 is 0 Å². The number of nitrogens with one attached hydrogen (secondary N) is 1. The van der Waals surface area contributed by atoms with Gasteiger partial charge in [-0.25, -0.2) is 23.4 Å². The molecule has 1 aliphatic carbocycles. The summed E-state index contributed by atoms with van der Waals surface area (Å²) >= 11 is 0. The molecule has 1 aliphatic rings. The largest absolute Gasteiger partial charge is 0.484 e. The van der Waals surface area contributed by atoms with Gasteiger partial charge in [0.1, 0.15) is 17.8 Å². The zero-order valence-corrected chi connectivity index (χ0v) is 16.4. The van der Waals surface area contributed by atoms with E-state index in [1.54, 1.807) is 23.0 Å². The first-order valence-corrected chi connectivity index (χ1v) is 9.59. The van der Waals surface area contributed by atoms with Crippen molar-refractivity contribution >= 4 is 5.82 Å². The van der Waals surface area contributed by atoms with E-state index in [0.29, 0.717) is 36.1 Å². The average molecular weight is 403 g/mol. The normalized spacial score (nSPS) is 16.7. The molecule has 1 saturated carbocycles. The van der Waals surface area contributed by atoms with Gasteiger partial charge in [-0.15, -0.1) is 0 Å². The second-order valence-corrected chi connectivity index (χ2v) is 7.37. The number of alkyl halides is 2. The first-order valence-electron chi connectivity index (χ1n) is 9.59. The molecule has 4 rings (SSSR count). The summed E-state index contributed by atoms with van der Waals surface area (Å²) in [6.45, 7) is 4.02. The number of oxazole rings is 1. The highest BCUT2D eigenvalue weighted by Gasteiger charge is 2.35. The number of aryl methyl sites for hydroxylation is 2. The Bertz CT molecular complexity index is 961. The van der Waals surface area contributed by atoms with Gasteiger partial charge < -0.3 is 14.5 Å². The molecule has 29 heavy (non-hydrogen) atoms. The molecule has 0 saturated heterocycles.